The van der Waals surface area contributed by atoms with Gasteiger partial charge in [0.15, 0.2) is 5.82 Å². The van der Waals surface area contributed by atoms with Crippen molar-refractivity contribution in [2.75, 3.05) is 0 Å². The van der Waals surface area contributed by atoms with Crippen molar-refractivity contribution in [3.05, 3.63) is 46.4 Å². The maximum absolute atomic E-state index is 13.8. The van der Waals surface area contributed by atoms with Crippen molar-refractivity contribution in [3.63, 3.8) is 0 Å². The molecule has 7 heteroatoms. The van der Waals surface area contributed by atoms with Crippen molar-refractivity contribution >= 4 is 15.9 Å². The lowest BCUT2D eigenvalue weighted by Crippen LogP contribution is -2.27. The van der Waals surface area contributed by atoms with Crippen LogP contribution in [-0.2, 0) is 5.97 Å². The van der Waals surface area contributed by atoms with E-state index in [1.807, 2.05) is 0 Å². The molecule has 1 heterocycles. The van der Waals surface area contributed by atoms with Gasteiger partial charge < -0.3 is 15.3 Å². The quantitative estimate of drug-likeness (QED) is 0.719. The van der Waals surface area contributed by atoms with Gasteiger partial charge in [-0.1, -0.05) is 6.07 Å². The van der Waals surface area contributed by atoms with Crippen LogP contribution in [0.2, 0.25) is 0 Å². The number of aliphatic hydroxyl groups is 3. The van der Waals surface area contributed by atoms with Gasteiger partial charge in [-0.25, -0.2) is 9.07 Å². The molecule has 0 aliphatic rings. The van der Waals surface area contributed by atoms with E-state index < -0.39 is 11.8 Å². The van der Waals surface area contributed by atoms with E-state index in [0.717, 1.165) is 4.68 Å². The summed E-state index contributed by atoms with van der Waals surface area (Å²) in [5.41, 5.74) is -0.365. The van der Waals surface area contributed by atoms with Gasteiger partial charge in [-0.3, -0.25) is 0 Å². The zero-order valence-corrected chi connectivity index (χ0v) is 9.96. The highest BCUT2D eigenvalue weighted by atomic mass is 79.9. The minimum absolute atomic E-state index is 0.0131. The Balaban J connectivity index is 2.62. The number of nitrogens with zero attached hydrogens (tertiary/aromatic N) is 2. The van der Waals surface area contributed by atoms with Crippen molar-refractivity contribution in [1.82, 2.24) is 9.78 Å². The first kappa shape index (κ1) is 12.2. The van der Waals surface area contributed by atoms with Crippen LogP contribution in [0.3, 0.4) is 0 Å². The van der Waals surface area contributed by atoms with E-state index in [4.69, 9.17) is 15.3 Å². The molecular formula is C10H8BrFN2O3. The predicted octanol–water partition coefficient (Wildman–Crippen LogP) is 0.861. The van der Waals surface area contributed by atoms with Crippen molar-refractivity contribution < 1.29 is 19.7 Å². The Kier molecular flexibility index (Phi) is 3.00. The lowest BCUT2D eigenvalue weighted by Gasteiger charge is -2.16. The van der Waals surface area contributed by atoms with Crippen LogP contribution in [0.1, 0.15) is 5.69 Å². The molecule has 1 aromatic carbocycles. The van der Waals surface area contributed by atoms with E-state index >= 15 is 0 Å². The average molecular weight is 303 g/mol. The highest BCUT2D eigenvalue weighted by Gasteiger charge is 2.28. The van der Waals surface area contributed by atoms with Crippen molar-refractivity contribution in [2.45, 2.75) is 5.97 Å². The maximum Gasteiger partial charge on any atom is 0.322 e. The lowest BCUT2D eigenvalue weighted by molar-refractivity contribution is -0.327. The molecule has 0 saturated carbocycles. The Morgan fingerprint density at radius 2 is 1.94 bits per heavy atom. The highest BCUT2D eigenvalue weighted by Crippen LogP contribution is 2.24. The summed E-state index contributed by atoms with van der Waals surface area (Å²) in [6.45, 7) is 0. The summed E-state index contributed by atoms with van der Waals surface area (Å²) in [4.78, 5) is 0. The number of halogens is 2. The number of aromatic nitrogens is 2. The first-order chi connectivity index (χ1) is 7.91. The number of hydrogen-bond donors (Lipinski definition) is 3. The van der Waals surface area contributed by atoms with E-state index in [1.54, 1.807) is 6.07 Å². The molecular weight excluding hydrogens is 295 g/mol. The molecule has 0 spiro atoms. The summed E-state index contributed by atoms with van der Waals surface area (Å²) in [6.07, 6.45) is 1.22. The van der Waals surface area contributed by atoms with Gasteiger partial charge in [0.05, 0.1) is 4.47 Å². The molecule has 90 valence electrons. The SMILES string of the molecule is OC(O)(O)c1ccnn1-c1cccc(Br)c1F. The first-order valence-electron chi connectivity index (χ1n) is 4.57. The summed E-state index contributed by atoms with van der Waals surface area (Å²) in [6, 6.07) is 5.61. The number of benzene rings is 1. The van der Waals surface area contributed by atoms with E-state index in [1.165, 1.54) is 24.4 Å². The topological polar surface area (TPSA) is 78.5 Å². The zero-order valence-electron chi connectivity index (χ0n) is 8.38. The molecule has 0 radical (unpaired) electrons. The Labute approximate surface area is 104 Å². The van der Waals surface area contributed by atoms with E-state index in [-0.39, 0.29) is 15.9 Å². The minimum Gasteiger partial charge on any atom is -0.338 e. The minimum atomic E-state index is -3.08. The van der Waals surface area contributed by atoms with Gasteiger partial charge in [-0.15, -0.1) is 0 Å². The molecule has 1 aromatic heterocycles. The van der Waals surface area contributed by atoms with Crippen LogP contribution in [0.5, 0.6) is 0 Å². The Morgan fingerprint density at radius 1 is 1.24 bits per heavy atom. The largest absolute Gasteiger partial charge is 0.338 e. The second kappa shape index (κ2) is 4.19. The van der Waals surface area contributed by atoms with Gasteiger partial charge in [-0.2, -0.15) is 5.10 Å². The van der Waals surface area contributed by atoms with Crippen molar-refractivity contribution in [1.29, 1.82) is 0 Å². The third-order valence-corrected chi connectivity index (χ3v) is 2.76. The van der Waals surface area contributed by atoms with Crippen LogP contribution >= 0.6 is 15.9 Å². The molecule has 0 bridgehead atoms. The summed E-state index contributed by atoms with van der Waals surface area (Å²) in [7, 11) is 0. The van der Waals surface area contributed by atoms with Crippen molar-refractivity contribution in [2.24, 2.45) is 0 Å². The highest BCUT2D eigenvalue weighted by molar-refractivity contribution is 9.10. The van der Waals surface area contributed by atoms with Gasteiger partial charge >= 0.3 is 5.97 Å². The Bertz CT molecular complexity index is 551. The van der Waals surface area contributed by atoms with Crippen LogP contribution in [0.15, 0.2) is 34.9 Å². The third-order valence-electron chi connectivity index (χ3n) is 2.15. The molecule has 5 nitrogen and oxygen atoms in total. The molecule has 0 saturated heterocycles. The second-order valence-electron chi connectivity index (χ2n) is 3.34. The van der Waals surface area contributed by atoms with Gasteiger partial charge in [0, 0.05) is 6.20 Å². The van der Waals surface area contributed by atoms with Crippen LogP contribution < -0.4 is 0 Å². The van der Waals surface area contributed by atoms with Gasteiger partial charge in [0.1, 0.15) is 11.4 Å². The third kappa shape index (κ3) is 2.22. The fourth-order valence-electron chi connectivity index (χ4n) is 1.41. The second-order valence-corrected chi connectivity index (χ2v) is 4.19. The molecule has 0 fully saturated rings. The molecule has 17 heavy (non-hydrogen) atoms. The van der Waals surface area contributed by atoms with Crippen LogP contribution in [0.4, 0.5) is 4.39 Å². The monoisotopic (exact) mass is 302 g/mol. The fraction of sp³-hybridized carbons (Fsp3) is 0.100. The summed E-state index contributed by atoms with van der Waals surface area (Å²) >= 11 is 3.00. The van der Waals surface area contributed by atoms with Gasteiger partial charge in [0.2, 0.25) is 0 Å². The molecule has 2 aromatic rings. The fourth-order valence-corrected chi connectivity index (χ4v) is 1.76. The van der Waals surface area contributed by atoms with E-state index in [0.29, 0.717) is 0 Å². The standard InChI is InChI=1S/C10H8BrFN2O3/c11-6-2-1-3-7(9(6)12)14-8(4-5-13-14)10(15,16)17/h1-5,15-17H. The zero-order chi connectivity index (χ0) is 12.6. The molecule has 0 aliphatic heterocycles. The molecule has 2 rings (SSSR count). The number of rotatable bonds is 2. The molecule has 0 amide bonds. The Morgan fingerprint density at radius 3 is 2.59 bits per heavy atom. The van der Waals surface area contributed by atoms with Gasteiger partial charge in [0.25, 0.3) is 0 Å². The van der Waals surface area contributed by atoms with Crippen LogP contribution in [-0.4, -0.2) is 25.1 Å². The summed E-state index contributed by atoms with van der Waals surface area (Å²) in [5, 5.41) is 31.0. The van der Waals surface area contributed by atoms with Crippen LogP contribution in [0.25, 0.3) is 5.69 Å². The Hall–Kier alpha value is -1.28. The predicted molar refractivity (Wildman–Crippen MR) is 59.6 cm³/mol. The lowest BCUT2D eigenvalue weighted by atomic mass is 10.3. The van der Waals surface area contributed by atoms with Crippen LogP contribution in [0, 0.1) is 5.82 Å². The van der Waals surface area contributed by atoms with E-state index in [9.17, 15) is 4.39 Å². The molecule has 0 unspecified atom stereocenters. The van der Waals surface area contributed by atoms with Crippen molar-refractivity contribution in [3.8, 4) is 5.69 Å². The normalized spacial score (nSPS) is 11.8. The smallest absolute Gasteiger partial charge is 0.322 e. The molecule has 3 N–H and O–H groups in total. The van der Waals surface area contributed by atoms with Gasteiger partial charge in [-0.05, 0) is 34.1 Å². The average Bonchev–Trinajstić information content (AvgIpc) is 2.70. The maximum atomic E-state index is 13.8. The molecule has 0 aliphatic carbocycles. The summed E-state index contributed by atoms with van der Waals surface area (Å²) in [5.74, 6) is -3.70. The molecule has 0 atom stereocenters. The summed E-state index contributed by atoms with van der Waals surface area (Å²) < 4.78 is 14.9. The van der Waals surface area contributed by atoms with E-state index in [2.05, 4.69) is 21.0 Å². The first-order valence-corrected chi connectivity index (χ1v) is 5.36. The number of hydrogen-bond acceptors (Lipinski definition) is 4.